The van der Waals surface area contributed by atoms with Crippen molar-refractivity contribution in [3.05, 3.63) is 35.0 Å². The molecule has 0 aliphatic carbocycles. The third-order valence-electron chi connectivity index (χ3n) is 4.13. The van der Waals surface area contributed by atoms with E-state index in [-0.39, 0.29) is 5.91 Å². The quantitative estimate of drug-likeness (QED) is 0.837. The number of benzene rings is 1. The topological polar surface area (TPSA) is 79.8 Å². The second kappa shape index (κ2) is 8.41. The Morgan fingerprint density at radius 1 is 1.33 bits per heavy atom. The van der Waals surface area contributed by atoms with Gasteiger partial charge >= 0.3 is 0 Å². The molecule has 1 aromatic carbocycles. The largest absolute Gasteiger partial charge is 0.496 e. The lowest BCUT2D eigenvalue weighted by Crippen LogP contribution is -2.37. The maximum absolute atomic E-state index is 12.8. The number of carbonyl (C=O) groups is 1. The maximum Gasteiger partial charge on any atom is 0.259 e. The molecular weight excluding hydrogens is 370 g/mol. The van der Waals surface area contributed by atoms with E-state index in [1.165, 1.54) is 7.11 Å². The molecule has 3 rings (SSSR count). The van der Waals surface area contributed by atoms with Crippen molar-refractivity contribution in [3.8, 4) is 5.75 Å². The van der Waals surface area contributed by atoms with Crippen LogP contribution in [0, 0.1) is 0 Å². The van der Waals surface area contributed by atoms with Gasteiger partial charge in [0.05, 0.1) is 32.1 Å². The predicted molar refractivity (Wildman–Crippen MR) is 105 cm³/mol. The lowest BCUT2D eigenvalue weighted by molar-refractivity contribution is 0.102. The van der Waals surface area contributed by atoms with Crippen molar-refractivity contribution < 1.29 is 14.3 Å². The Labute approximate surface area is 163 Å². The summed E-state index contributed by atoms with van der Waals surface area (Å²) in [5.74, 6) is 1.32. The molecule has 1 aliphatic heterocycles. The highest BCUT2D eigenvalue weighted by Gasteiger charge is 2.20. The van der Waals surface area contributed by atoms with Crippen LogP contribution in [0.4, 0.5) is 17.5 Å². The minimum atomic E-state index is -0.347. The number of nitrogens with zero attached hydrogens (tertiary/aromatic N) is 4. The number of methoxy groups -OCH3 is 1. The number of hydrogen-bond acceptors (Lipinski definition) is 7. The predicted octanol–water partition coefficient (Wildman–Crippen LogP) is 2.29. The first-order chi connectivity index (χ1) is 13.0. The van der Waals surface area contributed by atoms with E-state index >= 15 is 0 Å². The summed E-state index contributed by atoms with van der Waals surface area (Å²) in [5.41, 5.74) is 0.844. The lowest BCUT2D eigenvalue weighted by atomic mass is 10.2. The van der Waals surface area contributed by atoms with Gasteiger partial charge in [-0.1, -0.05) is 11.6 Å². The van der Waals surface area contributed by atoms with Gasteiger partial charge < -0.3 is 24.6 Å². The SMILES string of the molecule is COc1ccc(Cl)cc1C(=O)Nc1cnc(N2CCOCC2)nc1N(C)C. The first kappa shape index (κ1) is 19.2. The van der Waals surface area contributed by atoms with Crippen LogP contribution in [-0.4, -0.2) is 63.4 Å². The van der Waals surface area contributed by atoms with Crippen LogP contribution in [0.3, 0.4) is 0 Å². The molecule has 9 heteroatoms. The molecule has 0 unspecified atom stereocenters. The first-order valence-corrected chi connectivity index (χ1v) is 8.89. The normalized spacial score (nSPS) is 14.0. The Morgan fingerprint density at radius 3 is 2.74 bits per heavy atom. The van der Waals surface area contributed by atoms with Crippen LogP contribution in [-0.2, 0) is 4.74 Å². The summed E-state index contributed by atoms with van der Waals surface area (Å²) in [5, 5.41) is 3.30. The van der Waals surface area contributed by atoms with E-state index in [1.807, 2.05) is 19.0 Å². The molecule has 1 aromatic heterocycles. The summed E-state index contributed by atoms with van der Waals surface area (Å²) >= 11 is 6.03. The molecule has 144 valence electrons. The van der Waals surface area contributed by atoms with Gasteiger partial charge in [-0.25, -0.2) is 4.98 Å². The number of halogens is 1. The van der Waals surface area contributed by atoms with Crippen molar-refractivity contribution in [2.24, 2.45) is 0 Å². The van der Waals surface area contributed by atoms with Crippen LogP contribution in [0.1, 0.15) is 10.4 Å². The molecule has 2 heterocycles. The minimum Gasteiger partial charge on any atom is -0.496 e. The number of rotatable bonds is 5. The van der Waals surface area contributed by atoms with E-state index in [4.69, 9.17) is 21.1 Å². The number of nitrogens with one attached hydrogen (secondary N) is 1. The number of aromatic nitrogens is 2. The van der Waals surface area contributed by atoms with Crippen LogP contribution in [0.2, 0.25) is 5.02 Å². The average Bonchev–Trinajstić information content (AvgIpc) is 2.68. The molecule has 1 fully saturated rings. The lowest BCUT2D eigenvalue weighted by Gasteiger charge is -2.28. The van der Waals surface area contributed by atoms with Crippen LogP contribution < -0.4 is 19.9 Å². The van der Waals surface area contributed by atoms with E-state index in [2.05, 4.69) is 20.2 Å². The highest BCUT2D eigenvalue weighted by molar-refractivity contribution is 6.31. The molecule has 1 saturated heterocycles. The first-order valence-electron chi connectivity index (χ1n) is 8.51. The number of carbonyl (C=O) groups excluding carboxylic acids is 1. The van der Waals surface area contributed by atoms with Gasteiger partial charge in [-0.05, 0) is 18.2 Å². The molecule has 0 saturated carbocycles. The highest BCUT2D eigenvalue weighted by Crippen LogP contribution is 2.27. The van der Waals surface area contributed by atoms with Gasteiger partial charge in [0.15, 0.2) is 5.82 Å². The standard InChI is InChI=1S/C18H22ClN5O3/c1-23(2)16-14(11-20-18(22-16)24-6-8-27-9-7-24)21-17(25)13-10-12(19)4-5-15(13)26-3/h4-5,10-11H,6-9H2,1-3H3,(H,21,25). The number of morpholine rings is 1. The van der Waals surface area contributed by atoms with E-state index in [9.17, 15) is 4.79 Å². The summed E-state index contributed by atoms with van der Waals surface area (Å²) in [6.07, 6.45) is 1.61. The zero-order chi connectivity index (χ0) is 19.4. The average molecular weight is 392 g/mol. The summed E-state index contributed by atoms with van der Waals surface area (Å²) in [7, 11) is 5.23. The molecule has 2 aromatic rings. The number of amides is 1. The fourth-order valence-corrected chi connectivity index (χ4v) is 2.93. The van der Waals surface area contributed by atoms with Crippen LogP contribution in [0.25, 0.3) is 0 Å². The molecule has 8 nitrogen and oxygen atoms in total. The molecule has 1 N–H and O–H groups in total. The second-order valence-corrected chi connectivity index (χ2v) is 6.64. The van der Waals surface area contributed by atoms with Gasteiger partial charge in [-0.3, -0.25) is 4.79 Å². The monoisotopic (exact) mass is 391 g/mol. The minimum absolute atomic E-state index is 0.340. The van der Waals surface area contributed by atoms with E-state index in [0.717, 1.165) is 13.1 Å². The highest BCUT2D eigenvalue weighted by atomic mass is 35.5. The zero-order valence-electron chi connectivity index (χ0n) is 15.5. The van der Waals surface area contributed by atoms with Crippen LogP contribution in [0.15, 0.2) is 24.4 Å². The summed E-state index contributed by atoms with van der Waals surface area (Å²) < 4.78 is 10.6. The maximum atomic E-state index is 12.8. The summed E-state index contributed by atoms with van der Waals surface area (Å²) in [6.45, 7) is 2.76. The van der Waals surface area contributed by atoms with Gasteiger partial charge in [-0.2, -0.15) is 4.98 Å². The Kier molecular flexibility index (Phi) is 5.98. The van der Waals surface area contributed by atoms with Crippen molar-refractivity contribution in [2.45, 2.75) is 0 Å². The summed E-state index contributed by atoms with van der Waals surface area (Å²) in [4.78, 5) is 25.7. The molecule has 1 amide bonds. The van der Waals surface area contributed by atoms with E-state index < -0.39 is 0 Å². The molecular formula is C18H22ClN5O3. The molecule has 1 aliphatic rings. The fourth-order valence-electron chi connectivity index (χ4n) is 2.76. The van der Waals surface area contributed by atoms with E-state index in [1.54, 1.807) is 24.4 Å². The van der Waals surface area contributed by atoms with Crippen molar-refractivity contribution in [3.63, 3.8) is 0 Å². The van der Waals surface area contributed by atoms with Gasteiger partial charge in [0.1, 0.15) is 11.4 Å². The Morgan fingerprint density at radius 2 is 2.07 bits per heavy atom. The van der Waals surface area contributed by atoms with Gasteiger partial charge in [0.2, 0.25) is 5.95 Å². The van der Waals surface area contributed by atoms with Gasteiger partial charge in [0.25, 0.3) is 5.91 Å². The molecule has 0 bridgehead atoms. The Bertz CT molecular complexity index is 825. The third kappa shape index (κ3) is 4.40. The Hall–Kier alpha value is -2.58. The van der Waals surface area contributed by atoms with Gasteiger partial charge in [-0.15, -0.1) is 0 Å². The molecule has 0 radical (unpaired) electrons. The second-order valence-electron chi connectivity index (χ2n) is 6.20. The van der Waals surface area contributed by atoms with Crippen molar-refractivity contribution in [2.75, 3.05) is 62.6 Å². The molecule has 27 heavy (non-hydrogen) atoms. The van der Waals surface area contributed by atoms with E-state index in [0.29, 0.717) is 47.0 Å². The van der Waals surface area contributed by atoms with Crippen molar-refractivity contribution in [1.82, 2.24) is 9.97 Å². The van der Waals surface area contributed by atoms with Crippen molar-refractivity contribution >= 4 is 35.0 Å². The molecule has 0 atom stereocenters. The van der Waals surface area contributed by atoms with Crippen molar-refractivity contribution in [1.29, 1.82) is 0 Å². The van der Waals surface area contributed by atoms with Crippen LogP contribution >= 0.6 is 11.6 Å². The summed E-state index contributed by atoms with van der Waals surface area (Å²) in [6, 6.07) is 4.89. The fraction of sp³-hybridized carbons (Fsp3) is 0.389. The molecule has 0 spiro atoms. The van der Waals surface area contributed by atoms with Gasteiger partial charge in [0, 0.05) is 32.2 Å². The number of hydrogen-bond donors (Lipinski definition) is 1. The smallest absolute Gasteiger partial charge is 0.259 e. The Balaban J connectivity index is 1.87. The zero-order valence-corrected chi connectivity index (χ0v) is 16.3. The number of ether oxygens (including phenoxy) is 2. The number of anilines is 3. The third-order valence-corrected chi connectivity index (χ3v) is 4.36. The van der Waals surface area contributed by atoms with Crippen LogP contribution in [0.5, 0.6) is 5.75 Å².